The first-order chi connectivity index (χ1) is 7.70. The molecule has 0 aliphatic heterocycles. The van der Waals surface area contributed by atoms with Gasteiger partial charge < -0.3 is 0 Å². The SMILES string of the molecule is Cc1ccc(C)c(-c2ccc(N=O)cc2)c1. The number of hydrogen-bond acceptors (Lipinski definition) is 2. The lowest BCUT2D eigenvalue weighted by Crippen LogP contribution is -1.84. The van der Waals surface area contributed by atoms with Gasteiger partial charge in [0.05, 0.1) is 0 Å². The molecule has 0 unspecified atom stereocenters. The third-order valence-electron chi connectivity index (χ3n) is 2.68. The van der Waals surface area contributed by atoms with Crippen molar-refractivity contribution in [3.63, 3.8) is 0 Å². The Morgan fingerprint density at radius 1 is 0.938 bits per heavy atom. The van der Waals surface area contributed by atoms with Crippen molar-refractivity contribution in [1.29, 1.82) is 0 Å². The van der Waals surface area contributed by atoms with Crippen molar-refractivity contribution in [2.45, 2.75) is 13.8 Å². The molecule has 0 bridgehead atoms. The Morgan fingerprint density at radius 3 is 2.25 bits per heavy atom. The average molecular weight is 211 g/mol. The van der Waals surface area contributed by atoms with Gasteiger partial charge in [-0.3, -0.25) is 0 Å². The summed E-state index contributed by atoms with van der Waals surface area (Å²) in [7, 11) is 0. The zero-order valence-corrected chi connectivity index (χ0v) is 9.40. The first-order valence-corrected chi connectivity index (χ1v) is 5.22. The maximum atomic E-state index is 10.3. The van der Waals surface area contributed by atoms with Gasteiger partial charge in [0.25, 0.3) is 0 Å². The molecule has 0 atom stereocenters. The molecule has 0 saturated heterocycles. The van der Waals surface area contributed by atoms with Gasteiger partial charge in [0.15, 0.2) is 0 Å². The molecule has 2 nitrogen and oxygen atoms in total. The van der Waals surface area contributed by atoms with Gasteiger partial charge in [-0.25, -0.2) is 0 Å². The van der Waals surface area contributed by atoms with Crippen LogP contribution in [0, 0.1) is 18.8 Å². The molecule has 0 spiro atoms. The van der Waals surface area contributed by atoms with Crippen LogP contribution < -0.4 is 0 Å². The summed E-state index contributed by atoms with van der Waals surface area (Å²) in [5.41, 5.74) is 5.26. The second-order valence-corrected chi connectivity index (χ2v) is 3.96. The fraction of sp³-hybridized carbons (Fsp3) is 0.143. The molecule has 0 aliphatic carbocycles. The molecule has 0 amide bonds. The van der Waals surface area contributed by atoms with Crippen LogP contribution in [0.15, 0.2) is 47.6 Å². The Bertz CT molecular complexity index is 515. The van der Waals surface area contributed by atoms with Crippen LogP contribution in [-0.4, -0.2) is 0 Å². The minimum absolute atomic E-state index is 0.467. The summed E-state index contributed by atoms with van der Waals surface area (Å²) in [6.45, 7) is 4.16. The van der Waals surface area contributed by atoms with Crippen LogP contribution in [0.3, 0.4) is 0 Å². The second kappa shape index (κ2) is 4.27. The van der Waals surface area contributed by atoms with Gasteiger partial charge in [-0.1, -0.05) is 35.9 Å². The van der Waals surface area contributed by atoms with Gasteiger partial charge in [0, 0.05) is 0 Å². The van der Waals surface area contributed by atoms with Crippen LogP contribution in [0.1, 0.15) is 11.1 Å². The maximum Gasteiger partial charge on any atom is 0.108 e. The van der Waals surface area contributed by atoms with E-state index in [1.54, 1.807) is 12.1 Å². The quantitative estimate of drug-likeness (QED) is 0.678. The predicted molar refractivity (Wildman–Crippen MR) is 66.8 cm³/mol. The van der Waals surface area contributed by atoms with Gasteiger partial charge in [-0.05, 0) is 47.8 Å². The third-order valence-corrected chi connectivity index (χ3v) is 2.68. The molecule has 80 valence electrons. The van der Waals surface area contributed by atoms with Crippen LogP contribution in [0.5, 0.6) is 0 Å². The van der Waals surface area contributed by atoms with E-state index >= 15 is 0 Å². The minimum Gasteiger partial charge on any atom is -0.145 e. The fourth-order valence-corrected chi connectivity index (χ4v) is 1.75. The Balaban J connectivity index is 2.49. The van der Waals surface area contributed by atoms with E-state index in [0.717, 1.165) is 5.56 Å². The number of nitrogens with zero attached hydrogens (tertiary/aromatic N) is 1. The summed E-state index contributed by atoms with van der Waals surface area (Å²) in [5.74, 6) is 0. The van der Waals surface area contributed by atoms with E-state index in [1.807, 2.05) is 12.1 Å². The van der Waals surface area contributed by atoms with Crippen molar-refractivity contribution in [3.8, 4) is 11.1 Å². The van der Waals surface area contributed by atoms with Crippen molar-refractivity contribution in [2.24, 2.45) is 5.18 Å². The average Bonchev–Trinajstić information content (AvgIpc) is 2.32. The van der Waals surface area contributed by atoms with Crippen molar-refractivity contribution in [3.05, 3.63) is 58.5 Å². The van der Waals surface area contributed by atoms with Crippen LogP contribution in [-0.2, 0) is 0 Å². The highest BCUT2D eigenvalue weighted by Gasteiger charge is 2.02. The zero-order chi connectivity index (χ0) is 11.5. The van der Waals surface area contributed by atoms with Gasteiger partial charge >= 0.3 is 0 Å². The largest absolute Gasteiger partial charge is 0.145 e. The van der Waals surface area contributed by atoms with E-state index < -0.39 is 0 Å². The Kier molecular flexibility index (Phi) is 2.82. The van der Waals surface area contributed by atoms with Gasteiger partial charge in [-0.15, -0.1) is 4.91 Å². The van der Waals surface area contributed by atoms with Crippen LogP contribution in [0.25, 0.3) is 11.1 Å². The number of rotatable bonds is 2. The van der Waals surface area contributed by atoms with Crippen LogP contribution in [0.2, 0.25) is 0 Å². The van der Waals surface area contributed by atoms with E-state index in [1.165, 1.54) is 16.7 Å². The summed E-state index contributed by atoms with van der Waals surface area (Å²) in [6.07, 6.45) is 0. The molecule has 0 aromatic heterocycles. The maximum absolute atomic E-state index is 10.3. The highest BCUT2D eigenvalue weighted by atomic mass is 16.3. The van der Waals surface area contributed by atoms with Gasteiger partial charge in [0.1, 0.15) is 5.69 Å². The molecule has 0 aliphatic rings. The number of aryl methyl sites for hydroxylation is 2. The lowest BCUT2D eigenvalue weighted by molar-refractivity contribution is 1.39. The summed E-state index contributed by atoms with van der Waals surface area (Å²) < 4.78 is 0. The van der Waals surface area contributed by atoms with E-state index in [4.69, 9.17) is 0 Å². The van der Waals surface area contributed by atoms with Crippen molar-refractivity contribution < 1.29 is 0 Å². The van der Waals surface area contributed by atoms with E-state index in [0.29, 0.717) is 5.69 Å². The molecule has 2 aromatic rings. The van der Waals surface area contributed by atoms with Crippen molar-refractivity contribution >= 4 is 5.69 Å². The monoisotopic (exact) mass is 211 g/mol. The summed E-state index contributed by atoms with van der Waals surface area (Å²) in [4.78, 5) is 10.3. The molecular formula is C14H13NO. The summed E-state index contributed by atoms with van der Waals surface area (Å²) in [6, 6.07) is 13.7. The molecule has 0 fully saturated rings. The van der Waals surface area contributed by atoms with Gasteiger partial charge in [0.2, 0.25) is 0 Å². The van der Waals surface area contributed by atoms with E-state index in [2.05, 4.69) is 37.2 Å². The highest BCUT2D eigenvalue weighted by Crippen LogP contribution is 2.26. The smallest absolute Gasteiger partial charge is 0.108 e. The first-order valence-electron chi connectivity index (χ1n) is 5.22. The molecule has 2 rings (SSSR count). The summed E-state index contributed by atoms with van der Waals surface area (Å²) >= 11 is 0. The number of hydrogen-bond donors (Lipinski definition) is 0. The molecule has 0 radical (unpaired) electrons. The molecule has 2 heteroatoms. The van der Waals surface area contributed by atoms with E-state index in [-0.39, 0.29) is 0 Å². The first kappa shape index (κ1) is 10.6. The number of nitroso groups, excluding NO2 is 1. The van der Waals surface area contributed by atoms with Crippen molar-refractivity contribution in [2.75, 3.05) is 0 Å². The Morgan fingerprint density at radius 2 is 1.62 bits per heavy atom. The Hall–Kier alpha value is -1.96. The van der Waals surface area contributed by atoms with E-state index in [9.17, 15) is 4.91 Å². The number of benzene rings is 2. The second-order valence-electron chi connectivity index (χ2n) is 3.96. The zero-order valence-electron chi connectivity index (χ0n) is 9.40. The van der Waals surface area contributed by atoms with Crippen LogP contribution in [0.4, 0.5) is 5.69 Å². The Labute approximate surface area is 94.9 Å². The lowest BCUT2D eigenvalue weighted by Gasteiger charge is -2.07. The molecule has 0 saturated carbocycles. The lowest BCUT2D eigenvalue weighted by atomic mass is 9.98. The molecule has 0 N–H and O–H groups in total. The topological polar surface area (TPSA) is 29.4 Å². The third kappa shape index (κ3) is 2.01. The fourth-order valence-electron chi connectivity index (χ4n) is 1.75. The molecule has 16 heavy (non-hydrogen) atoms. The molecule has 0 heterocycles. The van der Waals surface area contributed by atoms with Gasteiger partial charge in [-0.2, -0.15) is 0 Å². The summed E-state index contributed by atoms with van der Waals surface area (Å²) in [5, 5.41) is 2.90. The highest BCUT2D eigenvalue weighted by molar-refractivity contribution is 5.69. The standard InChI is InChI=1S/C14H13NO/c1-10-3-4-11(2)14(9-10)12-5-7-13(15-16)8-6-12/h3-9H,1-2H3. The predicted octanol–water partition coefficient (Wildman–Crippen LogP) is 4.37. The minimum atomic E-state index is 0.467. The molecule has 2 aromatic carbocycles. The molecular weight excluding hydrogens is 198 g/mol. The normalized spacial score (nSPS) is 10.1. The van der Waals surface area contributed by atoms with Crippen LogP contribution >= 0.6 is 0 Å². The van der Waals surface area contributed by atoms with Crippen molar-refractivity contribution in [1.82, 2.24) is 0 Å².